The number of hydrogen-bond donors (Lipinski definition) is 1. The molecule has 0 unspecified atom stereocenters. The predicted molar refractivity (Wildman–Crippen MR) is 47.9 cm³/mol. The van der Waals surface area contributed by atoms with Gasteiger partial charge in [-0.15, -0.1) is 11.6 Å². The van der Waals surface area contributed by atoms with E-state index < -0.39 is 6.43 Å². The highest BCUT2D eigenvalue weighted by molar-refractivity contribution is 6.17. The Hall–Kier alpha value is -0.900. The Kier molecular flexibility index (Phi) is 3.03. The minimum absolute atomic E-state index is 0.0266. The summed E-state index contributed by atoms with van der Waals surface area (Å²) in [4.78, 5) is 3.85. The van der Waals surface area contributed by atoms with Gasteiger partial charge in [0.25, 0.3) is 6.43 Å². The molecule has 13 heavy (non-hydrogen) atoms. The van der Waals surface area contributed by atoms with Crippen LogP contribution in [0.5, 0.6) is 0 Å². The van der Waals surface area contributed by atoms with Crippen molar-refractivity contribution in [1.29, 1.82) is 0 Å². The first-order chi connectivity index (χ1) is 6.06. The third kappa shape index (κ3) is 2.06. The molecule has 0 amide bonds. The van der Waals surface area contributed by atoms with Crippen molar-refractivity contribution in [3.05, 3.63) is 22.9 Å². The van der Waals surface area contributed by atoms with E-state index >= 15 is 0 Å². The maximum Gasteiger partial charge on any atom is 0.264 e. The van der Waals surface area contributed by atoms with Crippen LogP contribution in [0.1, 0.15) is 23.2 Å². The number of rotatable bonds is 2. The van der Waals surface area contributed by atoms with Crippen molar-refractivity contribution in [3.8, 4) is 0 Å². The van der Waals surface area contributed by atoms with Crippen LogP contribution in [0, 0.1) is 6.92 Å². The molecule has 0 fully saturated rings. The van der Waals surface area contributed by atoms with Gasteiger partial charge in [0.05, 0.1) is 0 Å². The molecule has 0 aliphatic carbocycles. The Balaban J connectivity index is 3.29. The maximum atomic E-state index is 12.4. The zero-order chi connectivity index (χ0) is 10.0. The zero-order valence-electron chi connectivity index (χ0n) is 7.02. The second-order valence-corrected chi connectivity index (χ2v) is 2.90. The summed E-state index contributed by atoms with van der Waals surface area (Å²) in [5, 5.41) is 0. The Morgan fingerprint density at radius 3 is 2.69 bits per heavy atom. The van der Waals surface area contributed by atoms with Gasteiger partial charge in [-0.2, -0.15) is 0 Å². The van der Waals surface area contributed by atoms with E-state index in [0.29, 0.717) is 11.3 Å². The van der Waals surface area contributed by atoms with E-state index in [1.807, 2.05) is 0 Å². The van der Waals surface area contributed by atoms with Crippen LogP contribution >= 0.6 is 11.6 Å². The predicted octanol–water partition coefficient (Wildman–Crippen LogP) is 2.65. The third-order valence-electron chi connectivity index (χ3n) is 1.75. The Labute approximate surface area is 79.7 Å². The first-order valence-corrected chi connectivity index (χ1v) is 4.19. The number of pyridine rings is 1. The lowest BCUT2D eigenvalue weighted by Crippen LogP contribution is -2.02. The Morgan fingerprint density at radius 1 is 1.62 bits per heavy atom. The van der Waals surface area contributed by atoms with E-state index in [4.69, 9.17) is 17.3 Å². The van der Waals surface area contributed by atoms with Gasteiger partial charge in [-0.05, 0) is 18.6 Å². The average molecular weight is 207 g/mol. The topological polar surface area (TPSA) is 38.9 Å². The maximum absolute atomic E-state index is 12.4. The fourth-order valence-corrected chi connectivity index (χ4v) is 1.46. The van der Waals surface area contributed by atoms with Gasteiger partial charge in [0.15, 0.2) is 0 Å². The van der Waals surface area contributed by atoms with Crippen LogP contribution < -0.4 is 5.73 Å². The monoisotopic (exact) mass is 206 g/mol. The number of hydrogen-bond acceptors (Lipinski definition) is 2. The standard InChI is InChI=1S/C8H9ClF2N2/c1-4-6(3-9)5(8(10)11)2-7(12)13-4/h2,8H,3H2,1H3,(H2,12,13). The SMILES string of the molecule is Cc1nc(N)cc(C(F)F)c1CCl. The van der Waals surface area contributed by atoms with E-state index in [2.05, 4.69) is 4.98 Å². The van der Waals surface area contributed by atoms with Crippen LogP contribution in [-0.2, 0) is 5.88 Å². The fourth-order valence-electron chi connectivity index (χ4n) is 1.12. The van der Waals surface area contributed by atoms with Gasteiger partial charge in [0.1, 0.15) is 5.82 Å². The zero-order valence-corrected chi connectivity index (χ0v) is 7.78. The number of alkyl halides is 3. The molecule has 1 heterocycles. The summed E-state index contributed by atoms with van der Waals surface area (Å²) in [6.45, 7) is 1.61. The lowest BCUT2D eigenvalue weighted by molar-refractivity contribution is 0.150. The van der Waals surface area contributed by atoms with Crippen molar-refractivity contribution < 1.29 is 8.78 Å². The van der Waals surface area contributed by atoms with Crippen LogP contribution in [0.2, 0.25) is 0 Å². The van der Waals surface area contributed by atoms with Crippen molar-refractivity contribution in [1.82, 2.24) is 4.98 Å². The molecule has 0 aliphatic heterocycles. The molecule has 0 saturated heterocycles. The summed E-state index contributed by atoms with van der Waals surface area (Å²) in [6, 6.07) is 1.16. The van der Waals surface area contributed by atoms with E-state index in [-0.39, 0.29) is 17.3 Å². The molecule has 1 aromatic heterocycles. The van der Waals surface area contributed by atoms with Gasteiger partial charge in [-0.1, -0.05) is 0 Å². The number of nitrogens with two attached hydrogens (primary N) is 1. The third-order valence-corrected chi connectivity index (χ3v) is 2.02. The molecule has 72 valence electrons. The lowest BCUT2D eigenvalue weighted by Gasteiger charge is -2.09. The molecule has 2 nitrogen and oxygen atoms in total. The summed E-state index contributed by atoms with van der Waals surface area (Å²) in [5.41, 5.74) is 6.04. The van der Waals surface area contributed by atoms with E-state index in [0.717, 1.165) is 6.07 Å². The van der Waals surface area contributed by atoms with E-state index in [1.165, 1.54) is 0 Å². The average Bonchev–Trinajstić information content (AvgIpc) is 2.02. The molecule has 0 saturated carbocycles. The smallest absolute Gasteiger partial charge is 0.264 e. The molecule has 1 rings (SSSR count). The number of anilines is 1. The highest BCUT2D eigenvalue weighted by atomic mass is 35.5. The quantitative estimate of drug-likeness (QED) is 0.756. The Morgan fingerprint density at radius 2 is 2.23 bits per heavy atom. The fraction of sp³-hybridized carbons (Fsp3) is 0.375. The largest absolute Gasteiger partial charge is 0.384 e. The first-order valence-electron chi connectivity index (χ1n) is 3.66. The number of halogens is 3. The number of aryl methyl sites for hydroxylation is 1. The number of nitrogen functional groups attached to an aromatic ring is 1. The van der Waals surface area contributed by atoms with Crippen molar-refractivity contribution in [2.45, 2.75) is 19.2 Å². The van der Waals surface area contributed by atoms with E-state index in [9.17, 15) is 8.78 Å². The minimum Gasteiger partial charge on any atom is -0.384 e. The summed E-state index contributed by atoms with van der Waals surface area (Å²) in [6.07, 6.45) is -2.56. The van der Waals surface area contributed by atoms with Gasteiger partial charge in [0, 0.05) is 17.1 Å². The van der Waals surface area contributed by atoms with Crippen molar-refractivity contribution in [2.24, 2.45) is 0 Å². The summed E-state index contributed by atoms with van der Waals surface area (Å²) in [5.74, 6) is 0.125. The summed E-state index contributed by atoms with van der Waals surface area (Å²) >= 11 is 5.52. The van der Waals surface area contributed by atoms with Crippen LogP contribution in [0.25, 0.3) is 0 Å². The molecular formula is C8H9ClF2N2. The van der Waals surface area contributed by atoms with Crippen LogP contribution in [-0.4, -0.2) is 4.98 Å². The molecule has 0 bridgehead atoms. The van der Waals surface area contributed by atoms with E-state index in [1.54, 1.807) is 6.92 Å². The van der Waals surface area contributed by atoms with Gasteiger partial charge in [0.2, 0.25) is 0 Å². The molecule has 0 atom stereocenters. The minimum atomic E-state index is -2.56. The molecule has 0 spiro atoms. The van der Waals surface area contributed by atoms with Crippen molar-refractivity contribution >= 4 is 17.4 Å². The molecule has 0 aromatic carbocycles. The van der Waals surface area contributed by atoms with Gasteiger partial charge in [-0.3, -0.25) is 0 Å². The molecule has 0 aliphatic rings. The highest BCUT2D eigenvalue weighted by Gasteiger charge is 2.15. The molecule has 2 N–H and O–H groups in total. The second kappa shape index (κ2) is 3.87. The normalized spacial score (nSPS) is 10.8. The van der Waals surface area contributed by atoms with Crippen molar-refractivity contribution in [3.63, 3.8) is 0 Å². The van der Waals surface area contributed by atoms with Crippen LogP contribution in [0.3, 0.4) is 0 Å². The first kappa shape index (κ1) is 10.2. The van der Waals surface area contributed by atoms with Gasteiger partial charge in [-0.25, -0.2) is 13.8 Å². The highest BCUT2D eigenvalue weighted by Crippen LogP contribution is 2.27. The summed E-state index contributed by atoms with van der Waals surface area (Å²) < 4.78 is 24.9. The van der Waals surface area contributed by atoms with Gasteiger partial charge < -0.3 is 5.73 Å². The molecule has 1 aromatic rings. The molecule has 0 radical (unpaired) electrons. The lowest BCUT2D eigenvalue weighted by atomic mass is 10.1. The van der Waals surface area contributed by atoms with Crippen molar-refractivity contribution in [2.75, 3.05) is 5.73 Å². The van der Waals surface area contributed by atoms with Crippen LogP contribution in [0.15, 0.2) is 6.07 Å². The Bertz CT molecular complexity index is 315. The number of aromatic nitrogens is 1. The summed E-state index contributed by atoms with van der Waals surface area (Å²) in [7, 11) is 0. The second-order valence-electron chi connectivity index (χ2n) is 2.63. The van der Waals surface area contributed by atoms with Crippen LogP contribution in [0.4, 0.5) is 14.6 Å². The number of nitrogens with zero attached hydrogens (tertiary/aromatic N) is 1. The molecular weight excluding hydrogens is 198 g/mol. The molecule has 5 heteroatoms. The van der Waals surface area contributed by atoms with Gasteiger partial charge >= 0.3 is 0 Å².